The highest BCUT2D eigenvalue weighted by molar-refractivity contribution is 5.47. The summed E-state index contributed by atoms with van der Waals surface area (Å²) in [5.41, 5.74) is 0.937. The van der Waals surface area contributed by atoms with Crippen LogP contribution in [0.2, 0.25) is 0 Å². The largest absolute Gasteiger partial charge is 0.395 e. The number of fused-ring (bicyclic) bond motifs is 6. The molecule has 65 heavy (non-hydrogen) atoms. The Morgan fingerprint density at radius 1 is 0.662 bits per heavy atom. The quantitative estimate of drug-likeness (QED) is 0.141. The third-order valence-corrected chi connectivity index (χ3v) is 18.8. The van der Waals surface area contributed by atoms with Gasteiger partial charge in [0.15, 0.2) is 18.9 Å². The minimum Gasteiger partial charge on any atom is -0.395 e. The molecule has 3 heterocycles. The number of aliphatic hydroxyl groups excluding tert-OH is 11. The lowest BCUT2D eigenvalue weighted by Crippen LogP contribution is -2.66. The van der Waals surface area contributed by atoms with Gasteiger partial charge in [0.1, 0.15) is 67.1 Å². The fraction of sp³-hybridized carbons (Fsp3) is 0.917. The summed E-state index contributed by atoms with van der Waals surface area (Å²) in [7, 11) is 0. The van der Waals surface area contributed by atoms with Crippen LogP contribution in [0.3, 0.4) is 0 Å². The predicted molar refractivity (Wildman–Crippen MR) is 230 cm³/mol. The highest BCUT2D eigenvalue weighted by atomic mass is 16.8. The van der Waals surface area contributed by atoms with Crippen molar-refractivity contribution in [2.24, 2.45) is 44.3 Å². The topological polar surface area (TPSA) is 278 Å². The zero-order valence-corrected chi connectivity index (χ0v) is 39.3. The maximum Gasteiger partial charge on any atom is 0.187 e. The van der Waals surface area contributed by atoms with Crippen LogP contribution in [0.1, 0.15) is 107 Å². The lowest BCUT2D eigenvalue weighted by molar-refractivity contribution is -0.365. The van der Waals surface area contributed by atoms with Gasteiger partial charge in [0, 0.05) is 10.8 Å². The Balaban J connectivity index is 0.950. The summed E-state index contributed by atoms with van der Waals surface area (Å²) in [4.78, 5) is 0. The van der Waals surface area contributed by atoms with Gasteiger partial charge >= 0.3 is 0 Å². The molecule has 0 aromatic heterocycles. The maximum absolute atomic E-state index is 12.0. The van der Waals surface area contributed by atoms with Gasteiger partial charge in [0.2, 0.25) is 0 Å². The van der Waals surface area contributed by atoms with Crippen LogP contribution < -0.4 is 0 Å². The Morgan fingerprint density at radius 2 is 1.29 bits per heavy atom. The molecule has 23 atom stereocenters. The van der Waals surface area contributed by atoms with Crippen LogP contribution in [-0.4, -0.2) is 180 Å². The van der Waals surface area contributed by atoms with Gasteiger partial charge < -0.3 is 84.6 Å². The average Bonchev–Trinajstić information content (AvgIpc) is 3.24. The SMILES string of the molecule is CC1OC(OC2C(CO)OC(OCC3OC(OC4CCC5(C)C(CCC6(C)C5C=CC5=C7CC(C)(C)CCC7(CO)C(O)CC56C)C4(C)C)C(O)C(O)C3O)C(O)C2O)C(O)C(O)C1O. The van der Waals surface area contributed by atoms with Crippen molar-refractivity contribution in [1.82, 2.24) is 0 Å². The summed E-state index contributed by atoms with van der Waals surface area (Å²) >= 11 is 0. The van der Waals surface area contributed by atoms with Gasteiger partial charge in [-0.05, 0) is 97.4 Å². The van der Waals surface area contributed by atoms with Crippen LogP contribution in [0.25, 0.3) is 0 Å². The molecule has 17 heteroatoms. The first kappa shape index (κ1) is 50.2. The molecule has 11 N–H and O–H groups in total. The number of allylic oxidation sites excluding steroid dienone is 3. The second kappa shape index (κ2) is 17.6. The minimum absolute atomic E-state index is 0.0555. The van der Waals surface area contributed by atoms with E-state index in [9.17, 15) is 56.2 Å². The van der Waals surface area contributed by atoms with Gasteiger partial charge in [-0.2, -0.15) is 0 Å². The Hall–Kier alpha value is -1.20. The van der Waals surface area contributed by atoms with E-state index in [0.29, 0.717) is 12.8 Å². The summed E-state index contributed by atoms with van der Waals surface area (Å²) in [5.74, 6) is 0.365. The molecular formula is C48H78O17. The van der Waals surface area contributed by atoms with E-state index in [1.165, 1.54) is 18.1 Å². The molecule has 3 aliphatic heterocycles. The summed E-state index contributed by atoms with van der Waals surface area (Å²) in [6.07, 6.45) is -12.7. The molecule has 8 rings (SSSR count). The molecule has 0 spiro atoms. The van der Waals surface area contributed by atoms with E-state index >= 15 is 0 Å². The highest BCUT2D eigenvalue weighted by Crippen LogP contribution is 2.74. The second-order valence-electron chi connectivity index (χ2n) is 23.3. The van der Waals surface area contributed by atoms with Crippen molar-refractivity contribution in [2.75, 3.05) is 19.8 Å². The maximum atomic E-state index is 12.0. The van der Waals surface area contributed by atoms with Crippen LogP contribution in [0.4, 0.5) is 0 Å². The average molecular weight is 927 g/mol. The van der Waals surface area contributed by atoms with Crippen molar-refractivity contribution in [2.45, 2.75) is 211 Å². The van der Waals surface area contributed by atoms with Crippen molar-refractivity contribution in [1.29, 1.82) is 0 Å². The Morgan fingerprint density at radius 3 is 1.95 bits per heavy atom. The van der Waals surface area contributed by atoms with Gasteiger partial charge in [-0.15, -0.1) is 0 Å². The summed E-state index contributed by atoms with van der Waals surface area (Å²) in [6, 6.07) is 0. The third-order valence-electron chi connectivity index (χ3n) is 18.8. The van der Waals surface area contributed by atoms with E-state index in [1.54, 1.807) is 0 Å². The third kappa shape index (κ3) is 7.87. The van der Waals surface area contributed by atoms with E-state index in [2.05, 4.69) is 60.6 Å². The van der Waals surface area contributed by atoms with E-state index < -0.39 is 128 Å². The van der Waals surface area contributed by atoms with Crippen molar-refractivity contribution in [3.05, 3.63) is 23.3 Å². The number of ether oxygens (including phenoxy) is 6. The van der Waals surface area contributed by atoms with Crippen LogP contribution in [0.5, 0.6) is 0 Å². The number of aliphatic hydroxyl groups is 11. The second-order valence-corrected chi connectivity index (χ2v) is 23.3. The van der Waals surface area contributed by atoms with Crippen molar-refractivity contribution in [3.8, 4) is 0 Å². The van der Waals surface area contributed by atoms with Crippen LogP contribution in [-0.2, 0) is 28.4 Å². The summed E-state index contributed by atoms with van der Waals surface area (Å²) in [6.45, 7) is 16.3. The first-order chi connectivity index (χ1) is 30.3. The molecule has 372 valence electrons. The lowest BCUT2D eigenvalue weighted by atomic mass is 9.35. The Bertz CT molecular complexity index is 1790. The zero-order chi connectivity index (χ0) is 47.6. The first-order valence-electron chi connectivity index (χ1n) is 24.0. The molecule has 0 bridgehead atoms. The molecule has 3 saturated heterocycles. The predicted octanol–water partition coefficient (Wildman–Crippen LogP) is 0.532. The van der Waals surface area contributed by atoms with E-state index in [0.717, 1.165) is 38.5 Å². The zero-order valence-electron chi connectivity index (χ0n) is 39.3. The summed E-state index contributed by atoms with van der Waals surface area (Å²) < 4.78 is 35.5. The van der Waals surface area contributed by atoms with Gasteiger partial charge in [-0.25, -0.2) is 0 Å². The fourth-order valence-electron chi connectivity index (χ4n) is 14.4. The molecule has 0 aromatic carbocycles. The normalized spacial score (nSPS) is 54.0. The van der Waals surface area contributed by atoms with Crippen LogP contribution in [0, 0.1) is 44.3 Å². The van der Waals surface area contributed by atoms with E-state index in [4.69, 9.17) is 28.4 Å². The van der Waals surface area contributed by atoms with Crippen molar-refractivity contribution >= 4 is 0 Å². The Kier molecular flexibility index (Phi) is 13.6. The number of hydrogen-bond donors (Lipinski definition) is 11. The van der Waals surface area contributed by atoms with Gasteiger partial charge in [0.05, 0.1) is 38.1 Å². The molecule has 5 aliphatic carbocycles. The molecule has 8 aliphatic rings. The molecule has 0 amide bonds. The van der Waals surface area contributed by atoms with Gasteiger partial charge in [0.25, 0.3) is 0 Å². The summed E-state index contributed by atoms with van der Waals surface area (Å²) in [5, 5.41) is 119. The smallest absolute Gasteiger partial charge is 0.187 e. The van der Waals surface area contributed by atoms with E-state index in [1.807, 2.05) is 0 Å². The van der Waals surface area contributed by atoms with Crippen LogP contribution >= 0.6 is 0 Å². The monoisotopic (exact) mass is 927 g/mol. The number of rotatable bonds is 9. The molecular weight excluding hydrogens is 849 g/mol. The van der Waals surface area contributed by atoms with Crippen LogP contribution in [0.15, 0.2) is 23.3 Å². The standard InChI is InChI=1S/C48H78O17/c1-22-31(52)33(54)36(57)41(61-22)65-39-25(19-49)62-40(38(59)35(39)56)60-20-26-32(53)34(55)37(58)42(63-26)64-30-12-13-45(6)27(44(30,4)5)11-14-46(7)28(45)10-9-23-24-17-43(2,3)15-16-48(24,21-50)29(51)18-47(23,46)8/h9-10,22,25-42,49-59H,11-21H2,1-8H3. The van der Waals surface area contributed by atoms with Crippen molar-refractivity contribution in [3.63, 3.8) is 0 Å². The van der Waals surface area contributed by atoms with Gasteiger partial charge in [-0.1, -0.05) is 66.2 Å². The molecule has 6 fully saturated rings. The molecule has 0 radical (unpaired) electrons. The molecule has 0 aromatic rings. The van der Waals surface area contributed by atoms with Crippen molar-refractivity contribution < 1.29 is 84.6 Å². The lowest BCUT2D eigenvalue weighted by Gasteiger charge is -2.70. The number of hydrogen-bond acceptors (Lipinski definition) is 17. The van der Waals surface area contributed by atoms with Gasteiger partial charge in [-0.3, -0.25) is 0 Å². The molecule has 23 unspecified atom stereocenters. The molecule has 3 saturated carbocycles. The highest BCUT2D eigenvalue weighted by Gasteiger charge is 2.68. The minimum atomic E-state index is -1.80. The molecule has 17 nitrogen and oxygen atoms in total. The fourth-order valence-corrected chi connectivity index (χ4v) is 14.4. The van der Waals surface area contributed by atoms with E-state index in [-0.39, 0.29) is 40.1 Å². The first-order valence-corrected chi connectivity index (χ1v) is 24.0. The Labute approximate surface area is 382 Å².